The van der Waals surface area contributed by atoms with Crippen LogP contribution in [0, 0.1) is 0 Å². The predicted molar refractivity (Wildman–Crippen MR) is 77.7 cm³/mol. The SMILES string of the molecule is NCCc1ccc(-n2nc3cc4c(cc3n2)OCO4)cc1. The van der Waals surface area contributed by atoms with Crippen LogP contribution >= 0.6 is 0 Å². The Morgan fingerprint density at radius 1 is 1.00 bits per heavy atom. The van der Waals surface area contributed by atoms with E-state index in [0.29, 0.717) is 18.0 Å². The van der Waals surface area contributed by atoms with Crippen molar-refractivity contribution < 1.29 is 9.47 Å². The number of ether oxygens (including phenoxy) is 2. The molecule has 0 atom stereocenters. The maximum atomic E-state index is 5.55. The van der Waals surface area contributed by atoms with Crippen LogP contribution in [0.4, 0.5) is 0 Å². The maximum Gasteiger partial charge on any atom is 0.231 e. The molecule has 2 heterocycles. The Hall–Kier alpha value is -2.60. The van der Waals surface area contributed by atoms with Gasteiger partial charge in [0, 0.05) is 12.1 Å². The van der Waals surface area contributed by atoms with Crippen molar-refractivity contribution in [2.75, 3.05) is 13.3 Å². The molecule has 0 unspecified atom stereocenters. The van der Waals surface area contributed by atoms with E-state index in [0.717, 1.165) is 23.1 Å². The highest BCUT2D eigenvalue weighted by Gasteiger charge is 2.16. The first kappa shape index (κ1) is 12.2. The van der Waals surface area contributed by atoms with Crippen molar-refractivity contribution in [2.24, 2.45) is 5.73 Å². The minimum absolute atomic E-state index is 0.255. The smallest absolute Gasteiger partial charge is 0.231 e. The number of aromatic nitrogens is 3. The van der Waals surface area contributed by atoms with Crippen LogP contribution in [-0.2, 0) is 6.42 Å². The molecule has 1 aliphatic rings. The third-order valence-corrected chi connectivity index (χ3v) is 3.47. The highest BCUT2D eigenvalue weighted by molar-refractivity contribution is 5.79. The van der Waals surface area contributed by atoms with Crippen LogP contribution in [0.25, 0.3) is 16.7 Å². The first-order chi connectivity index (χ1) is 10.3. The summed E-state index contributed by atoms with van der Waals surface area (Å²) in [4.78, 5) is 1.62. The fourth-order valence-corrected chi connectivity index (χ4v) is 2.39. The summed E-state index contributed by atoms with van der Waals surface area (Å²) in [7, 11) is 0. The molecule has 21 heavy (non-hydrogen) atoms. The summed E-state index contributed by atoms with van der Waals surface area (Å²) in [5.41, 5.74) is 9.24. The molecule has 0 radical (unpaired) electrons. The molecule has 0 aliphatic carbocycles. The van der Waals surface area contributed by atoms with Gasteiger partial charge in [-0.25, -0.2) is 0 Å². The minimum Gasteiger partial charge on any atom is -0.454 e. The maximum absolute atomic E-state index is 5.55. The monoisotopic (exact) mass is 282 g/mol. The topological polar surface area (TPSA) is 75.2 Å². The van der Waals surface area contributed by atoms with Gasteiger partial charge in [-0.3, -0.25) is 0 Å². The lowest BCUT2D eigenvalue weighted by molar-refractivity contribution is 0.174. The van der Waals surface area contributed by atoms with Crippen molar-refractivity contribution in [3.05, 3.63) is 42.0 Å². The molecule has 2 aromatic carbocycles. The second-order valence-electron chi connectivity index (χ2n) is 4.89. The van der Waals surface area contributed by atoms with Crippen LogP contribution in [0.1, 0.15) is 5.56 Å². The zero-order valence-electron chi connectivity index (χ0n) is 11.3. The third-order valence-electron chi connectivity index (χ3n) is 3.47. The molecular formula is C15H14N4O2. The van der Waals surface area contributed by atoms with Gasteiger partial charge < -0.3 is 15.2 Å². The highest BCUT2D eigenvalue weighted by Crippen LogP contribution is 2.34. The largest absolute Gasteiger partial charge is 0.454 e. The molecule has 6 heteroatoms. The molecule has 3 aromatic rings. The fourth-order valence-electron chi connectivity index (χ4n) is 2.39. The van der Waals surface area contributed by atoms with Gasteiger partial charge in [0.15, 0.2) is 11.5 Å². The molecule has 0 bridgehead atoms. The molecule has 2 N–H and O–H groups in total. The van der Waals surface area contributed by atoms with Gasteiger partial charge in [0.1, 0.15) is 11.0 Å². The van der Waals surface area contributed by atoms with E-state index in [1.807, 2.05) is 36.4 Å². The van der Waals surface area contributed by atoms with E-state index in [9.17, 15) is 0 Å². The predicted octanol–water partition coefficient (Wildman–Crippen LogP) is 1.65. The van der Waals surface area contributed by atoms with Gasteiger partial charge in [-0.15, -0.1) is 10.2 Å². The summed E-state index contributed by atoms with van der Waals surface area (Å²) < 4.78 is 10.7. The zero-order chi connectivity index (χ0) is 14.2. The Balaban J connectivity index is 1.73. The number of benzene rings is 2. The van der Waals surface area contributed by atoms with Crippen molar-refractivity contribution >= 4 is 11.0 Å². The van der Waals surface area contributed by atoms with Crippen LogP contribution in [0.15, 0.2) is 36.4 Å². The number of fused-ring (bicyclic) bond motifs is 2. The lowest BCUT2D eigenvalue weighted by Gasteiger charge is -2.01. The van der Waals surface area contributed by atoms with E-state index in [-0.39, 0.29) is 6.79 Å². The van der Waals surface area contributed by atoms with Crippen molar-refractivity contribution in [2.45, 2.75) is 6.42 Å². The molecule has 0 saturated heterocycles. The van der Waals surface area contributed by atoms with E-state index < -0.39 is 0 Å². The molecular weight excluding hydrogens is 268 g/mol. The summed E-state index contributed by atoms with van der Waals surface area (Å²) in [6.07, 6.45) is 0.871. The number of hydrogen-bond acceptors (Lipinski definition) is 5. The highest BCUT2D eigenvalue weighted by atomic mass is 16.7. The van der Waals surface area contributed by atoms with E-state index >= 15 is 0 Å². The van der Waals surface area contributed by atoms with E-state index in [1.165, 1.54) is 5.56 Å². The molecule has 1 aliphatic heterocycles. The third kappa shape index (κ3) is 2.09. The average molecular weight is 282 g/mol. The minimum atomic E-state index is 0.255. The van der Waals surface area contributed by atoms with E-state index in [2.05, 4.69) is 10.2 Å². The summed E-state index contributed by atoms with van der Waals surface area (Å²) >= 11 is 0. The molecule has 0 saturated carbocycles. The Morgan fingerprint density at radius 2 is 1.62 bits per heavy atom. The number of nitrogens with two attached hydrogens (primary N) is 1. The molecule has 0 spiro atoms. The van der Waals surface area contributed by atoms with Crippen LogP contribution in [0.2, 0.25) is 0 Å². The Morgan fingerprint density at radius 3 is 2.19 bits per heavy atom. The fraction of sp³-hybridized carbons (Fsp3) is 0.200. The first-order valence-corrected chi connectivity index (χ1v) is 6.79. The molecule has 1 aromatic heterocycles. The van der Waals surface area contributed by atoms with Crippen molar-refractivity contribution in [3.8, 4) is 17.2 Å². The summed E-state index contributed by atoms with van der Waals surface area (Å²) in [5.74, 6) is 1.43. The standard InChI is InChI=1S/C15H14N4O2/c16-6-5-10-1-3-11(4-2-10)19-17-12-7-14-15(21-9-20-14)8-13(12)18-19/h1-4,7-8H,5-6,9,16H2. The summed E-state index contributed by atoms with van der Waals surface area (Å²) in [6, 6.07) is 11.8. The molecule has 6 nitrogen and oxygen atoms in total. The van der Waals surface area contributed by atoms with E-state index in [4.69, 9.17) is 15.2 Å². The summed E-state index contributed by atoms with van der Waals surface area (Å²) in [5, 5.41) is 8.96. The Bertz CT molecular complexity index is 754. The molecule has 0 fully saturated rings. The average Bonchev–Trinajstić information content (AvgIpc) is 3.11. The quantitative estimate of drug-likeness (QED) is 0.790. The van der Waals surface area contributed by atoms with Crippen molar-refractivity contribution in [3.63, 3.8) is 0 Å². The van der Waals surface area contributed by atoms with Crippen molar-refractivity contribution in [1.82, 2.24) is 15.0 Å². The first-order valence-electron chi connectivity index (χ1n) is 6.79. The molecule has 106 valence electrons. The number of rotatable bonds is 3. The Labute approximate surface area is 121 Å². The van der Waals surface area contributed by atoms with Gasteiger partial charge in [0.2, 0.25) is 6.79 Å². The van der Waals surface area contributed by atoms with Crippen LogP contribution in [-0.4, -0.2) is 28.3 Å². The lowest BCUT2D eigenvalue weighted by Crippen LogP contribution is -2.03. The van der Waals surface area contributed by atoms with Gasteiger partial charge >= 0.3 is 0 Å². The number of nitrogens with zero attached hydrogens (tertiary/aromatic N) is 3. The normalized spacial score (nSPS) is 13.0. The van der Waals surface area contributed by atoms with E-state index in [1.54, 1.807) is 4.80 Å². The lowest BCUT2D eigenvalue weighted by atomic mass is 10.1. The van der Waals surface area contributed by atoms with Gasteiger partial charge in [-0.2, -0.15) is 4.80 Å². The van der Waals surface area contributed by atoms with Crippen LogP contribution in [0.3, 0.4) is 0 Å². The molecule has 0 amide bonds. The van der Waals surface area contributed by atoms with Crippen LogP contribution in [0.5, 0.6) is 11.5 Å². The van der Waals surface area contributed by atoms with Gasteiger partial charge in [0.25, 0.3) is 0 Å². The Kier molecular flexibility index (Phi) is 2.75. The van der Waals surface area contributed by atoms with Gasteiger partial charge in [0.05, 0.1) is 5.69 Å². The van der Waals surface area contributed by atoms with Crippen molar-refractivity contribution in [1.29, 1.82) is 0 Å². The van der Waals surface area contributed by atoms with Crippen LogP contribution < -0.4 is 15.2 Å². The van der Waals surface area contributed by atoms with Gasteiger partial charge in [-0.1, -0.05) is 12.1 Å². The second kappa shape index (κ2) is 4.75. The number of hydrogen-bond donors (Lipinski definition) is 1. The summed E-state index contributed by atoms with van der Waals surface area (Å²) in [6.45, 7) is 0.902. The van der Waals surface area contributed by atoms with Gasteiger partial charge in [-0.05, 0) is 30.7 Å². The molecule has 4 rings (SSSR count). The zero-order valence-corrected chi connectivity index (χ0v) is 11.3. The second-order valence-corrected chi connectivity index (χ2v) is 4.89.